The molecular formula is C23H19F4N3O2. The van der Waals surface area contributed by atoms with Gasteiger partial charge in [0.1, 0.15) is 5.82 Å². The van der Waals surface area contributed by atoms with Crippen LogP contribution in [0, 0.1) is 5.82 Å². The number of carbonyl (C=O) groups excluding carboxylic acids is 2. The maximum Gasteiger partial charge on any atom is 0.416 e. The molecule has 0 unspecified atom stereocenters. The van der Waals surface area contributed by atoms with Crippen LogP contribution in [-0.4, -0.2) is 25.0 Å². The lowest BCUT2D eigenvalue weighted by atomic mass is 10.2. The van der Waals surface area contributed by atoms with E-state index in [0.29, 0.717) is 11.3 Å². The minimum atomic E-state index is -4.56. The molecule has 0 saturated carbocycles. The summed E-state index contributed by atoms with van der Waals surface area (Å²) in [6.45, 7) is 0.0517. The summed E-state index contributed by atoms with van der Waals surface area (Å²) >= 11 is 0. The average molecular weight is 445 g/mol. The van der Waals surface area contributed by atoms with Crippen LogP contribution in [0.4, 0.5) is 33.7 Å². The van der Waals surface area contributed by atoms with Gasteiger partial charge in [0, 0.05) is 30.0 Å². The van der Waals surface area contributed by atoms with Crippen molar-refractivity contribution in [2.24, 2.45) is 0 Å². The van der Waals surface area contributed by atoms with Gasteiger partial charge < -0.3 is 10.6 Å². The van der Waals surface area contributed by atoms with E-state index < -0.39 is 23.6 Å². The summed E-state index contributed by atoms with van der Waals surface area (Å²) in [5, 5.41) is 5.09. The lowest BCUT2D eigenvalue weighted by Gasteiger charge is -2.24. The van der Waals surface area contributed by atoms with Gasteiger partial charge in [0.05, 0.1) is 5.56 Å². The van der Waals surface area contributed by atoms with Crippen molar-refractivity contribution in [1.29, 1.82) is 0 Å². The number of nitrogens with zero attached hydrogens (tertiary/aromatic N) is 1. The highest BCUT2D eigenvalue weighted by molar-refractivity contribution is 6.02. The molecule has 0 atom stereocenters. The molecule has 9 heteroatoms. The number of amides is 3. The predicted octanol–water partition coefficient (Wildman–Crippen LogP) is 5.31. The van der Waals surface area contributed by atoms with Gasteiger partial charge in [-0.05, 0) is 54.6 Å². The molecule has 2 N–H and O–H groups in total. The summed E-state index contributed by atoms with van der Waals surface area (Å²) < 4.78 is 52.2. The van der Waals surface area contributed by atoms with Crippen LogP contribution < -0.4 is 15.5 Å². The fourth-order valence-electron chi connectivity index (χ4n) is 2.91. The first-order valence-corrected chi connectivity index (χ1v) is 9.58. The molecule has 0 radical (unpaired) electrons. The number of nitrogens with one attached hydrogen (secondary N) is 2. The van der Waals surface area contributed by atoms with E-state index in [1.165, 1.54) is 29.2 Å². The Kier molecular flexibility index (Phi) is 7.09. The molecule has 166 valence electrons. The van der Waals surface area contributed by atoms with Crippen LogP contribution in [0.5, 0.6) is 0 Å². The normalized spacial score (nSPS) is 11.0. The summed E-state index contributed by atoms with van der Waals surface area (Å²) in [5.74, 6) is -0.854. The molecule has 32 heavy (non-hydrogen) atoms. The van der Waals surface area contributed by atoms with Crippen molar-refractivity contribution in [3.05, 3.63) is 95.8 Å². The Morgan fingerprint density at radius 1 is 0.875 bits per heavy atom. The molecule has 3 amide bonds. The second kappa shape index (κ2) is 9.95. The van der Waals surface area contributed by atoms with E-state index in [-0.39, 0.29) is 24.7 Å². The molecular weight excluding hydrogens is 426 g/mol. The van der Waals surface area contributed by atoms with Gasteiger partial charge in [0.15, 0.2) is 0 Å². The highest BCUT2D eigenvalue weighted by atomic mass is 19.4. The lowest BCUT2D eigenvalue weighted by Crippen LogP contribution is -2.41. The molecule has 0 saturated heterocycles. The van der Waals surface area contributed by atoms with Crippen LogP contribution in [0.3, 0.4) is 0 Å². The molecule has 3 aromatic carbocycles. The number of anilines is 2. The molecule has 0 aliphatic rings. The Labute approximate surface area is 181 Å². The SMILES string of the molecule is O=C(NCCN(C(=O)Nc1cccc(C(F)(F)F)c1)c1ccc(F)cc1)c1ccccc1. The number of hydrogen-bond acceptors (Lipinski definition) is 2. The summed E-state index contributed by atoms with van der Waals surface area (Å²) in [4.78, 5) is 26.2. The quantitative estimate of drug-likeness (QED) is 0.505. The molecule has 0 aliphatic heterocycles. The first-order chi connectivity index (χ1) is 15.2. The van der Waals surface area contributed by atoms with Gasteiger partial charge in [-0.1, -0.05) is 24.3 Å². The molecule has 0 heterocycles. The summed E-state index contributed by atoms with van der Waals surface area (Å²) in [6.07, 6.45) is -4.56. The van der Waals surface area contributed by atoms with Crippen LogP contribution in [0.25, 0.3) is 0 Å². The van der Waals surface area contributed by atoms with E-state index >= 15 is 0 Å². The monoisotopic (exact) mass is 445 g/mol. The van der Waals surface area contributed by atoms with E-state index in [9.17, 15) is 27.2 Å². The van der Waals surface area contributed by atoms with E-state index in [1.807, 2.05) is 0 Å². The topological polar surface area (TPSA) is 61.4 Å². The number of alkyl halides is 3. The average Bonchev–Trinajstić information content (AvgIpc) is 2.77. The molecule has 0 spiro atoms. The Balaban J connectivity index is 1.73. The van der Waals surface area contributed by atoms with Gasteiger partial charge in [-0.25, -0.2) is 9.18 Å². The molecule has 5 nitrogen and oxygen atoms in total. The minimum Gasteiger partial charge on any atom is -0.350 e. The lowest BCUT2D eigenvalue weighted by molar-refractivity contribution is -0.137. The fourth-order valence-corrected chi connectivity index (χ4v) is 2.91. The van der Waals surface area contributed by atoms with Gasteiger partial charge in [0.2, 0.25) is 0 Å². The number of benzene rings is 3. The van der Waals surface area contributed by atoms with Crippen molar-refractivity contribution in [3.8, 4) is 0 Å². The zero-order valence-corrected chi connectivity index (χ0v) is 16.7. The highest BCUT2D eigenvalue weighted by Gasteiger charge is 2.30. The number of urea groups is 1. The zero-order valence-electron chi connectivity index (χ0n) is 16.7. The molecule has 0 aliphatic carbocycles. The molecule has 3 aromatic rings. The van der Waals surface area contributed by atoms with Crippen LogP contribution in [-0.2, 0) is 6.18 Å². The third-order valence-electron chi connectivity index (χ3n) is 4.48. The van der Waals surface area contributed by atoms with Crippen LogP contribution in [0.15, 0.2) is 78.9 Å². The first kappa shape index (κ1) is 22.8. The fraction of sp³-hybridized carbons (Fsp3) is 0.130. The maximum atomic E-state index is 13.3. The zero-order chi connectivity index (χ0) is 23.1. The molecule has 0 fully saturated rings. The third kappa shape index (κ3) is 6.07. The predicted molar refractivity (Wildman–Crippen MR) is 113 cm³/mol. The van der Waals surface area contributed by atoms with E-state index in [1.54, 1.807) is 30.3 Å². The van der Waals surface area contributed by atoms with Crippen LogP contribution in [0.2, 0.25) is 0 Å². The van der Waals surface area contributed by atoms with Gasteiger partial charge in [-0.3, -0.25) is 9.69 Å². The molecule has 0 aromatic heterocycles. The third-order valence-corrected chi connectivity index (χ3v) is 4.48. The van der Waals surface area contributed by atoms with E-state index in [2.05, 4.69) is 10.6 Å². The number of halogens is 4. The van der Waals surface area contributed by atoms with Crippen LogP contribution >= 0.6 is 0 Å². The van der Waals surface area contributed by atoms with Gasteiger partial charge in [-0.15, -0.1) is 0 Å². The first-order valence-electron chi connectivity index (χ1n) is 9.58. The highest BCUT2D eigenvalue weighted by Crippen LogP contribution is 2.30. The van der Waals surface area contributed by atoms with Gasteiger partial charge in [-0.2, -0.15) is 13.2 Å². The second-order valence-electron chi connectivity index (χ2n) is 6.76. The molecule has 0 bridgehead atoms. The van der Waals surface area contributed by atoms with Crippen molar-refractivity contribution < 1.29 is 27.2 Å². The smallest absolute Gasteiger partial charge is 0.350 e. The van der Waals surface area contributed by atoms with Crippen molar-refractivity contribution >= 4 is 23.3 Å². The maximum absolute atomic E-state index is 13.3. The van der Waals surface area contributed by atoms with Gasteiger partial charge >= 0.3 is 12.2 Å². The minimum absolute atomic E-state index is 0.00496. The standard InChI is InChI=1S/C23H19F4N3O2/c24-18-9-11-20(12-10-18)30(14-13-28-21(31)16-5-2-1-3-6-16)22(32)29-19-8-4-7-17(15-19)23(25,26)27/h1-12,15H,13-14H2,(H,28,31)(H,29,32). The van der Waals surface area contributed by atoms with Crippen molar-refractivity contribution in [2.45, 2.75) is 6.18 Å². The summed E-state index contributed by atoms with van der Waals surface area (Å²) in [7, 11) is 0. The van der Waals surface area contributed by atoms with E-state index in [4.69, 9.17) is 0 Å². The van der Waals surface area contributed by atoms with Crippen molar-refractivity contribution in [1.82, 2.24) is 5.32 Å². The Morgan fingerprint density at radius 2 is 1.56 bits per heavy atom. The van der Waals surface area contributed by atoms with E-state index in [0.717, 1.165) is 24.3 Å². The van der Waals surface area contributed by atoms with Crippen molar-refractivity contribution in [2.75, 3.05) is 23.3 Å². The number of hydrogen-bond donors (Lipinski definition) is 2. The Bertz CT molecular complexity index is 1070. The molecule has 3 rings (SSSR count). The summed E-state index contributed by atoms with van der Waals surface area (Å²) in [5.41, 5.74) is -0.205. The largest absolute Gasteiger partial charge is 0.416 e. The van der Waals surface area contributed by atoms with Crippen molar-refractivity contribution in [3.63, 3.8) is 0 Å². The second-order valence-corrected chi connectivity index (χ2v) is 6.76. The summed E-state index contributed by atoms with van der Waals surface area (Å²) in [6, 6.07) is 17.0. The number of rotatable bonds is 6. The van der Waals surface area contributed by atoms with Gasteiger partial charge in [0.25, 0.3) is 5.91 Å². The Morgan fingerprint density at radius 3 is 2.22 bits per heavy atom. The number of carbonyl (C=O) groups is 2. The Hall–Kier alpha value is -3.88. The van der Waals surface area contributed by atoms with Crippen LogP contribution in [0.1, 0.15) is 15.9 Å².